The number of pyridine rings is 1. The van der Waals surface area contributed by atoms with Gasteiger partial charge in [-0.1, -0.05) is 6.42 Å². The van der Waals surface area contributed by atoms with Gasteiger partial charge in [-0.05, 0) is 70.6 Å². The van der Waals surface area contributed by atoms with E-state index in [-0.39, 0.29) is 18.3 Å². The molecule has 0 spiro atoms. The van der Waals surface area contributed by atoms with E-state index >= 15 is 0 Å². The zero-order chi connectivity index (χ0) is 14.5. The average Bonchev–Trinajstić information content (AvgIpc) is 2.48. The quantitative estimate of drug-likeness (QED) is 0.776. The summed E-state index contributed by atoms with van der Waals surface area (Å²) < 4.78 is 12.1. The third-order valence-corrected chi connectivity index (χ3v) is 5.21. The van der Waals surface area contributed by atoms with Crippen molar-refractivity contribution in [2.45, 2.75) is 71.0 Å². The average molecular weight is 273 g/mol. The van der Waals surface area contributed by atoms with Crippen LogP contribution in [0.25, 0.3) is 0 Å². The van der Waals surface area contributed by atoms with Crippen molar-refractivity contribution in [3.63, 3.8) is 0 Å². The van der Waals surface area contributed by atoms with Crippen LogP contribution < -0.4 is 5.59 Å². The van der Waals surface area contributed by atoms with E-state index in [4.69, 9.17) is 9.31 Å². The summed E-state index contributed by atoms with van der Waals surface area (Å²) >= 11 is 0. The van der Waals surface area contributed by atoms with Gasteiger partial charge in [0.05, 0.1) is 16.8 Å². The van der Waals surface area contributed by atoms with Crippen molar-refractivity contribution in [2.24, 2.45) is 0 Å². The van der Waals surface area contributed by atoms with Crippen LogP contribution in [-0.4, -0.2) is 23.3 Å². The monoisotopic (exact) mass is 273 g/mol. The van der Waals surface area contributed by atoms with E-state index in [0.717, 1.165) is 11.5 Å². The van der Waals surface area contributed by atoms with Gasteiger partial charge >= 0.3 is 7.12 Å². The van der Waals surface area contributed by atoms with E-state index in [1.165, 1.54) is 30.4 Å². The van der Waals surface area contributed by atoms with Gasteiger partial charge in [-0.2, -0.15) is 0 Å². The Labute approximate surface area is 122 Å². The Morgan fingerprint density at radius 1 is 1.15 bits per heavy atom. The molecular weight excluding hydrogens is 249 g/mol. The highest BCUT2D eigenvalue weighted by Crippen LogP contribution is 2.38. The van der Waals surface area contributed by atoms with Crippen molar-refractivity contribution in [3.8, 4) is 0 Å². The molecule has 0 unspecified atom stereocenters. The molecule has 1 aromatic heterocycles. The highest BCUT2D eigenvalue weighted by Gasteiger charge is 2.52. The Kier molecular flexibility index (Phi) is 3.22. The second kappa shape index (κ2) is 4.57. The molecule has 0 atom stereocenters. The first-order valence-electron chi connectivity index (χ1n) is 7.62. The summed E-state index contributed by atoms with van der Waals surface area (Å²) in [5.74, 6) is 0.717. The van der Waals surface area contributed by atoms with Crippen LogP contribution in [0.1, 0.15) is 64.0 Å². The number of hydrogen-bond acceptors (Lipinski definition) is 3. The fourth-order valence-electron chi connectivity index (χ4n) is 2.83. The predicted molar refractivity (Wildman–Crippen MR) is 81.3 cm³/mol. The highest BCUT2D eigenvalue weighted by molar-refractivity contribution is 6.61. The molecule has 2 heterocycles. The van der Waals surface area contributed by atoms with Crippen LogP contribution in [0.5, 0.6) is 0 Å². The van der Waals surface area contributed by atoms with Crippen molar-refractivity contribution in [2.75, 3.05) is 0 Å². The van der Waals surface area contributed by atoms with Crippen molar-refractivity contribution in [3.05, 3.63) is 23.4 Å². The number of rotatable bonds is 2. The summed E-state index contributed by atoms with van der Waals surface area (Å²) in [5.41, 5.74) is 3.00. The molecule has 1 saturated heterocycles. The van der Waals surface area contributed by atoms with Gasteiger partial charge < -0.3 is 9.31 Å². The number of aryl methyl sites for hydroxylation is 1. The molecule has 1 aromatic rings. The Morgan fingerprint density at radius 2 is 1.75 bits per heavy atom. The van der Waals surface area contributed by atoms with Crippen molar-refractivity contribution >= 4 is 12.7 Å². The fraction of sp³-hybridized carbons (Fsp3) is 0.688. The van der Waals surface area contributed by atoms with Crippen LogP contribution in [0.4, 0.5) is 0 Å². The van der Waals surface area contributed by atoms with Gasteiger partial charge in [0.2, 0.25) is 0 Å². The maximum absolute atomic E-state index is 6.06. The molecule has 2 fully saturated rings. The van der Waals surface area contributed by atoms with E-state index in [1.54, 1.807) is 0 Å². The topological polar surface area (TPSA) is 31.4 Å². The maximum Gasteiger partial charge on any atom is 0.514 e. The minimum absolute atomic E-state index is 0.306. The van der Waals surface area contributed by atoms with Crippen LogP contribution in [-0.2, 0) is 9.31 Å². The smallest absolute Gasteiger partial charge is 0.398 e. The lowest BCUT2D eigenvalue weighted by Crippen LogP contribution is -2.41. The van der Waals surface area contributed by atoms with E-state index in [1.807, 2.05) is 6.20 Å². The SMILES string of the molecule is Cc1cc(B2OC(C)(C)C(C)(C)O2)ncc1C1CCC1. The molecule has 1 aliphatic carbocycles. The van der Waals surface area contributed by atoms with Gasteiger partial charge in [-0.3, -0.25) is 4.98 Å². The molecule has 0 radical (unpaired) electrons. The van der Waals surface area contributed by atoms with Crippen molar-refractivity contribution < 1.29 is 9.31 Å². The van der Waals surface area contributed by atoms with Crippen LogP contribution in [0.3, 0.4) is 0 Å². The van der Waals surface area contributed by atoms with Gasteiger partial charge in [0, 0.05) is 6.20 Å². The molecule has 1 aliphatic heterocycles. The molecule has 2 aliphatic rings. The molecule has 4 heteroatoms. The van der Waals surface area contributed by atoms with E-state index in [2.05, 4.69) is 45.7 Å². The molecular formula is C16H24BNO2. The summed E-state index contributed by atoms with van der Waals surface area (Å²) in [7, 11) is -0.353. The minimum atomic E-state index is -0.353. The predicted octanol–water partition coefficient (Wildman–Crippen LogP) is 2.96. The molecule has 20 heavy (non-hydrogen) atoms. The van der Waals surface area contributed by atoms with Crippen molar-refractivity contribution in [1.29, 1.82) is 0 Å². The second-order valence-electron chi connectivity index (χ2n) is 7.18. The van der Waals surface area contributed by atoms with Crippen LogP contribution in [0.15, 0.2) is 12.3 Å². The first-order valence-corrected chi connectivity index (χ1v) is 7.62. The van der Waals surface area contributed by atoms with Gasteiger partial charge in [0.1, 0.15) is 0 Å². The Bertz CT molecular complexity index is 507. The molecule has 108 valence electrons. The molecule has 0 bridgehead atoms. The highest BCUT2D eigenvalue weighted by atomic mass is 16.7. The van der Waals surface area contributed by atoms with E-state index < -0.39 is 0 Å². The number of hydrogen-bond donors (Lipinski definition) is 0. The standard InChI is InChI=1S/C16H24BNO2/c1-11-9-14(18-10-13(11)12-7-6-8-12)17-19-15(2,3)16(4,5)20-17/h9-10,12H,6-8H2,1-5H3. The Morgan fingerprint density at radius 3 is 2.20 bits per heavy atom. The summed E-state index contributed by atoms with van der Waals surface area (Å²) in [4.78, 5) is 4.61. The van der Waals surface area contributed by atoms with Crippen molar-refractivity contribution in [1.82, 2.24) is 4.98 Å². The van der Waals surface area contributed by atoms with Crippen LogP contribution >= 0.6 is 0 Å². The number of nitrogens with zero attached hydrogens (tertiary/aromatic N) is 1. The zero-order valence-corrected chi connectivity index (χ0v) is 13.2. The van der Waals surface area contributed by atoms with E-state index in [9.17, 15) is 0 Å². The lowest BCUT2D eigenvalue weighted by atomic mass is 9.77. The molecule has 3 rings (SSSR count). The van der Waals surface area contributed by atoms with Gasteiger partial charge in [0.25, 0.3) is 0 Å². The van der Waals surface area contributed by atoms with Crippen LogP contribution in [0.2, 0.25) is 0 Å². The van der Waals surface area contributed by atoms with Gasteiger partial charge in [-0.25, -0.2) is 0 Å². The second-order valence-corrected chi connectivity index (χ2v) is 7.18. The summed E-state index contributed by atoms with van der Waals surface area (Å²) in [6.07, 6.45) is 5.99. The zero-order valence-electron chi connectivity index (χ0n) is 13.2. The minimum Gasteiger partial charge on any atom is -0.398 e. The fourth-order valence-corrected chi connectivity index (χ4v) is 2.83. The normalized spacial score (nSPS) is 24.8. The lowest BCUT2D eigenvalue weighted by molar-refractivity contribution is 0.00578. The van der Waals surface area contributed by atoms with Crippen LogP contribution in [0, 0.1) is 6.92 Å². The summed E-state index contributed by atoms with van der Waals surface area (Å²) in [5, 5.41) is 0. The molecule has 0 N–H and O–H groups in total. The Hall–Kier alpha value is -0.865. The number of aromatic nitrogens is 1. The molecule has 0 amide bonds. The third-order valence-electron chi connectivity index (χ3n) is 5.21. The molecule has 0 aromatic carbocycles. The summed E-state index contributed by atoms with van der Waals surface area (Å²) in [6.45, 7) is 10.5. The van der Waals surface area contributed by atoms with E-state index in [0.29, 0.717) is 0 Å². The van der Waals surface area contributed by atoms with Gasteiger partial charge in [-0.15, -0.1) is 0 Å². The first-order chi connectivity index (χ1) is 9.30. The molecule has 3 nitrogen and oxygen atoms in total. The first kappa shape index (κ1) is 14.1. The summed E-state index contributed by atoms with van der Waals surface area (Å²) in [6, 6.07) is 2.13. The van der Waals surface area contributed by atoms with Gasteiger partial charge in [0.15, 0.2) is 0 Å². The lowest BCUT2D eigenvalue weighted by Gasteiger charge is -2.32. The maximum atomic E-state index is 6.06. The largest absolute Gasteiger partial charge is 0.514 e. The Balaban J connectivity index is 1.83. The third kappa shape index (κ3) is 2.19. The molecule has 1 saturated carbocycles.